The van der Waals surface area contributed by atoms with Crippen LogP contribution in [0.2, 0.25) is 0 Å². The van der Waals surface area contributed by atoms with Gasteiger partial charge in [-0.3, -0.25) is 9.82 Å². The van der Waals surface area contributed by atoms with Crippen molar-refractivity contribution in [2.24, 2.45) is 0 Å². The first-order valence-corrected chi connectivity index (χ1v) is 6.55. The minimum atomic E-state index is -3.82. The van der Waals surface area contributed by atoms with Crippen molar-refractivity contribution in [3.05, 3.63) is 35.5 Å². The molecule has 2 N–H and O–H groups in total. The summed E-state index contributed by atoms with van der Waals surface area (Å²) < 4.78 is 39.2. The molecule has 8 heteroatoms. The van der Waals surface area contributed by atoms with Crippen LogP contribution in [0.3, 0.4) is 0 Å². The number of aromatic amines is 1. The molecule has 2 rings (SSSR count). The Hall–Kier alpha value is -1.96. The summed E-state index contributed by atoms with van der Waals surface area (Å²) in [6, 6.07) is 3.87. The van der Waals surface area contributed by atoms with Crippen LogP contribution in [0, 0.1) is 19.8 Å². The molecule has 0 fully saturated rings. The summed E-state index contributed by atoms with van der Waals surface area (Å²) in [5, 5.41) is 6.38. The van der Waals surface area contributed by atoms with Crippen molar-refractivity contribution in [2.45, 2.75) is 18.7 Å². The Morgan fingerprint density at radius 1 is 1.33 bits per heavy atom. The maximum atomic E-state index is 12.9. The first-order valence-electron chi connectivity index (χ1n) is 5.07. The molecule has 2 aromatic heterocycles. The van der Waals surface area contributed by atoms with Crippen molar-refractivity contribution in [1.29, 1.82) is 0 Å². The Balaban J connectivity index is 2.39. The number of halogens is 1. The van der Waals surface area contributed by atoms with Crippen molar-refractivity contribution in [2.75, 3.05) is 4.72 Å². The molecule has 0 aliphatic rings. The van der Waals surface area contributed by atoms with E-state index in [9.17, 15) is 12.8 Å². The average molecular weight is 270 g/mol. The third kappa shape index (κ3) is 2.33. The number of nitrogens with one attached hydrogen (secondary N) is 2. The van der Waals surface area contributed by atoms with E-state index in [1.165, 1.54) is 12.1 Å². The fourth-order valence-corrected chi connectivity index (χ4v) is 2.96. The zero-order chi connectivity index (χ0) is 13.3. The maximum absolute atomic E-state index is 12.9. The largest absolute Gasteiger partial charge is 0.281 e. The second kappa shape index (κ2) is 4.37. The van der Waals surface area contributed by atoms with Crippen LogP contribution in [-0.4, -0.2) is 23.6 Å². The quantitative estimate of drug-likeness (QED) is 0.824. The lowest BCUT2D eigenvalue weighted by molar-refractivity contribution is 0.584. The number of pyridine rings is 1. The number of H-pyrrole nitrogens is 1. The molecule has 0 aliphatic carbocycles. The number of sulfonamides is 1. The van der Waals surface area contributed by atoms with E-state index in [4.69, 9.17) is 0 Å². The van der Waals surface area contributed by atoms with Gasteiger partial charge in [-0.1, -0.05) is 6.07 Å². The molecule has 2 heterocycles. The molecule has 0 aromatic carbocycles. The summed E-state index contributed by atoms with van der Waals surface area (Å²) in [4.78, 5) is 3.49. The number of hydrogen-bond donors (Lipinski definition) is 2. The summed E-state index contributed by atoms with van der Waals surface area (Å²) in [6.07, 6.45) is 0. The summed E-state index contributed by atoms with van der Waals surface area (Å²) in [5.41, 5.74) is 0.757. The monoisotopic (exact) mass is 270 g/mol. The van der Waals surface area contributed by atoms with Crippen LogP contribution >= 0.6 is 0 Å². The first kappa shape index (κ1) is 12.5. The molecule has 6 nitrogen and oxygen atoms in total. The Labute approximate surface area is 103 Å². The van der Waals surface area contributed by atoms with E-state index in [1.54, 1.807) is 13.8 Å². The van der Waals surface area contributed by atoms with Gasteiger partial charge in [-0.15, -0.1) is 0 Å². The minimum absolute atomic E-state index is 0.0496. The summed E-state index contributed by atoms with van der Waals surface area (Å²) in [6.45, 7) is 3.16. The molecule has 0 unspecified atom stereocenters. The Kier molecular flexibility index (Phi) is 3.04. The van der Waals surface area contributed by atoms with Crippen molar-refractivity contribution >= 4 is 15.8 Å². The van der Waals surface area contributed by atoms with E-state index < -0.39 is 16.0 Å². The van der Waals surface area contributed by atoms with Gasteiger partial charge in [0, 0.05) is 0 Å². The number of aromatic nitrogens is 3. The van der Waals surface area contributed by atoms with Crippen molar-refractivity contribution in [3.8, 4) is 0 Å². The maximum Gasteiger partial charge on any atom is 0.266 e. The second-order valence-corrected chi connectivity index (χ2v) is 5.33. The number of aryl methyl sites for hydroxylation is 2. The molecular formula is C10H11FN4O2S. The SMILES string of the molecule is Cc1n[nH]c(C)c1S(=O)(=O)Nc1cccc(F)n1. The van der Waals surface area contributed by atoms with Gasteiger partial charge in [-0.2, -0.15) is 9.49 Å². The van der Waals surface area contributed by atoms with Crippen LogP contribution in [0.4, 0.5) is 10.2 Å². The highest BCUT2D eigenvalue weighted by molar-refractivity contribution is 7.92. The average Bonchev–Trinajstić information content (AvgIpc) is 2.58. The predicted molar refractivity (Wildman–Crippen MR) is 63.1 cm³/mol. The second-order valence-electron chi connectivity index (χ2n) is 3.71. The van der Waals surface area contributed by atoms with Crippen molar-refractivity contribution in [1.82, 2.24) is 15.2 Å². The Morgan fingerprint density at radius 2 is 2.06 bits per heavy atom. The van der Waals surface area contributed by atoms with Crippen molar-refractivity contribution < 1.29 is 12.8 Å². The van der Waals surface area contributed by atoms with E-state index >= 15 is 0 Å². The van der Waals surface area contributed by atoms with Crippen LogP contribution < -0.4 is 4.72 Å². The van der Waals surface area contributed by atoms with E-state index in [0.29, 0.717) is 11.4 Å². The number of hydrogen-bond acceptors (Lipinski definition) is 4. The van der Waals surface area contributed by atoms with Gasteiger partial charge in [0.2, 0.25) is 5.95 Å². The predicted octanol–water partition coefficient (Wildman–Crippen LogP) is 1.36. The topological polar surface area (TPSA) is 87.7 Å². The Bertz CT molecular complexity index is 661. The molecule has 18 heavy (non-hydrogen) atoms. The normalized spacial score (nSPS) is 11.5. The minimum Gasteiger partial charge on any atom is -0.281 e. The smallest absolute Gasteiger partial charge is 0.266 e. The molecular weight excluding hydrogens is 259 g/mol. The van der Waals surface area contributed by atoms with Gasteiger partial charge in [-0.05, 0) is 26.0 Å². The van der Waals surface area contributed by atoms with Crippen LogP contribution in [-0.2, 0) is 10.0 Å². The van der Waals surface area contributed by atoms with Gasteiger partial charge in [0.05, 0.1) is 11.4 Å². The van der Waals surface area contributed by atoms with Gasteiger partial charge < -0.3 is 0 Å². The highest BCUT2D eigenvalue weighted by Gasteiger charge is 2.22. The summed E-state index contributed by atoms with van der Waals surface area (Å²) in [5.74, 6) is -0.828. The molecule has 0 amide bonds. The molecule has 2 aromatic rings. The van der Waals surface area contributed by atoms with Gasteiger partial charge >= 0.3 is 0 Å². The molecule has 0 radical (unpaired) electrons. The molecule has 0 atom stereocenters. The molecule has 0 aliphatic heterocycles. The van der Waals surface area contributed by atoms with Crippen LogP contribution in [0.25, 0.3) is 0 Å². The zero-order valence-corrected chi connectivity index (χ0v) is 10.5. The Morgan fingerprint density at radius 3 is 2.61 bits per heavy atom. The lowest BCUT2D eigenvalue weighted by atomic mass is 10.4. The van der Waals surface area contributed by atoms with Crippen LogP contribution in [0.5, 0.6) is 0 Å². The lowest BCUT2D eigenvalue weighted by Crippen LogP contribution is -2.15. The van der Waals surface area contributed by atoms with E-state index in [-0.39, 0.29) is 10.7 Å². The van der Waals surface area contributed by atoms with E-state index in [2.05, 4.69) is 19.9 Å². The molecule has 0 saturated carbocycles. The molecule has 0 saturated heterocycles. The van der Waals surface area contributed by atoms with Gasteiger partial charge in [-0.25, -0.2) is 13.4 Å². The summed E-state index contributed by atoms with van der Waals surface area (Å²) in [7, 11) is -3.82. The summed E-state index contributed by atoms with van der Waals surface area (Å²) >= 11 is 0. The molecule has 0 bridgehead atoms. The third-order valence-electron chi connectivity index (χ3n) is 2.28. The van der Waals surface area contributed by atoms with Crippen LogP contribution in [0.15, 0.2) is 23.1 Å². The van der Waals surface area contributed by atoms with E-state index in [0.717, 1.165) is 6.07 Å². The highest BCUT2D eigenvalue weighted by atomic mass is 32.2. The first-order chi connectivity index (χ1) is 8.40. The third-order valence-corrected chi connectivity index (χ3v) is 3.90. The van der Waals surface area contributed by atoms with E-state index in [1.807, 2.05) is 0 Å². The number of nitrogens with zero attached hydrogens (tertiary/aromatic N) is 2. The zero-order valence-electron chi connectivity index (χ0n) is 9.73. The molecule has 0 spiro atoms. The molecule has 96 valence electrons. The fourth-order valence-electron chi connectivity index (χ4n) is 1.59. The standard InChI is InChI=1S/C10H11FN4O2S/c1-6-10(7(2)14-13-6)18(16,17)15-9-5-3-4-8(11)12-9/h3-5H,1-2H3,(H,12,15)(H,13,14). The fraction of sp³-hybridized carbons (Fsp3) is 0.200. The van der Waals surface area contributed by atoms with Gasteiger partial charge in [0.1, 0.15) is 10.7 Å². The van der Waals surface area contributed by atoms with Crippen LogP contribution in [0.1, 0.15) is 11.4 Å². The number of anilines is 1. The lowest BCUT2D eigenvalue weighted by Gasteiger charge is -2.07. The van der Waals surface area contributed by atoms with Gasteiger partial charge in [0.15, 0.2) is 0 Å². The van der Waals surface area contributed by atoms with Crippen molar-refractivity contribution in [3.63, 3.8) is 0 Å². The highest BCUT2D eigenvalue weighted by Crippen LogP contribution is 2.19. The number of rotatable bonds is 3. The van der Waals surface area contributed by atoms with Gasteiger partial charge in [0.25, 0.3) is 10.0 Å².